The number of carbonyl (C=O) groups is 2. The highest BCUT2D eigenvalue weighted by atomic mass is 16.5. The first-order chi connectivity index (χ1) is 13.6. The van der Waals surface area contributed by atoms with Gasteiger partial charge in [-0.1, -0.05) is 12.1 Å². The van der Waals surface area contributed by atoms with Crippen LogP contribution in [0.25, 0.3) is 0 Å². The Bertz CT molecular complexity index is 729. The minimum atomic E-state index is -0.672. The van der Waals surface area contributed by atoms with Crippen LogP contribution in [0, 0.1) is 5.92 Å². The fourth-order valence-electron chi connectivity index (χ4n) is 4.73. The highest BCUT2D eigenvalue weighted by molar-refractivity contribution is 5.97. The fourth-order valence-corrected chi connectivity index (χ4v) is 4.73. The number of piperidine rings is 1. The molecule has 0 saturated carbocycles. The van der Waals surface area contributed by atoms with Crippen molar-refractivity contribution in [2.75, 3.05) is 37.7 Å². The van der Waals surface area contributed by atoms with Gasteiger partial charge in [-0.15, -0.1) is 0 Å². The van der Waals surface area contributed by atoms with Crippen molar-refractivity contribution >= 4 is 17.6 Å². The molecule has 0 radical (unpaired) electrons. The summed E-state index contributed by atoms with van der Waals surface area (Å²) in [4.78, 5) is 28.3. The molecule has 1 aromatic carbocycles. The molecule has 3 heterocycles. The molecule has 3 aliphatic rings. The molecule has 6 heteroatoms. The van der Waals surface area contributed by atoms with E-state index < -0.39 is 5.97 Å². The number of fused-ring (bicyclic) bond motifs is 1. The number of anilines is 1. The largest absolute Gasteiger partial charge is 0.481 e. The summed E-state index contributed by atoms with van der Waals surface area (Å²) in [6.07, 6.45) is 6.18. The van der Waals surface area contributed by atoms with Crippen LogP contribution < -0.4 is 4.90 Å². The lowest BCUT2D eigenvalue weighted by Gasteiger charge is -2.32. The first-order valence-electron chi connectivity index (χ1n) is 10.6. The Morgan fingerprint density at radius 3 is 2.82 bits per heavy atom. The number of aryl methyl sites for hydroxylation is 1. The van der Waals surface area contributed by atoms with Gasteiger partial charge in [0.15, 0.2) is 0 Å². The van der Waals surface area contributed by atoms with Crippen LogP contribution in [-0.4, -0.2) is 60.8 Å². The minimum Gasteiger partial charge on any atom is -0.481 e. The summed E-state index contributed by atoms with van der Waals surface area (Å²) in [5.74, 6) is -0.789. The summed E-state index contributed by atoms with van der Waals surface area (Å²) in [7, 11) is 0. The Morgan fingerprint density at radius 2 is 2.04 bits per heavy atom. The smallest absolute Gasteiger partial charge is 0.307 e. The lowest BCUT2D eigenvalue weighted by molar-refractivity contribution is -0.143. The molecule has 2 unspecified atom stereocenters. The van der Waals surface area contributed by atoms with Crippen LogP contribution in [-0.2, 0) is 27.2 Å². The lowest BCUT2D eigenvalue weighted by atomic mass is 9.96. The van der Waals surface area contributed by atoms with Crippen molar-refractivity contribution in [1.29, 1.82) is 0 Å². The molecule has 28 heavy (non-hydrogen) atoms. The number of nitrogens with zero attached hydrogens (tertiary/aromatic N) is 2. The molecule has 2 fully saturated rings. The Balaban J connectivity index is 1.39. The van der Waals surface area contributed by atoms with Crippen LogP contribution in [0.4, 0.5) is 5.69 Å². The van der Waals surface area contributed by atoms with Gasteiger partial charge in [0.05, 0.1) is 5.92 Å². The summed E-state index contributed by atoms with van der Waals surface area (Å²) >= 11 is 0. The van der Waals surface area contributed by atoms with Gasteiger partial charge in [-0.25, -0.2) is 0 Å². The van der Waals surface area contributed by atoms with Crippen molar-refractivity contribution < 1.29 is 19.4 Å². The van der Waals surface area contributed by atoms with E-state index in [-0.39, 0.29) is 17.9 Å². The number of amides is 1. The summed E-state index contributed by atoms with van der Waals surface area (Å²) in [5, 5.41) is 9.25. The molecule has 152 valence electrons. The zero-order valence-corrected chi connectivity index (χ0v) is 16.4. The second-order valence-corrected chi connectivity index (χ2v) is 8.29. The molecule has 6 nitrogen and oxygen atoms in total. The summed E-state index contributed by atoms with van der Waals surface area (Å²) in [6.45, 7) is 3.99. The van der Waals surface area contributed by atoms with Gasteiger partial charge in [0.1, 0.15) is 6.10 Å². The quantitative estimate of drug-likeness (QED) is 0.842. The molecule has 3 aliphatic heterocycles. The van der Waals surface area contributed by atoms with Crippen LogP contribution in [0.15, 0.2) is 18.2 Å². The van der Waals surface area contributed by atoms with Crippen molar-refractivity contribution in [2.24, 2.45) is 5.92 Å². The van der Waals surface area contributed by atoms with Crippen LogP contribution in [0.5, 0.6) is 0 Å². The number of benzene rings is 1. The minimum absolute atomic E-state index is 0.110. The Labute approximate surface area is 166 Å². The number of carbonyl (C=O) groups excluding carboxylic acids is 1. The molecule has 1 N–H and O–H groups in total. The average Bonchev–Trinajstić information content (AvgIpc) is 3.26. The molecule has 1 aromatic rings. The third-order valence-electron chi connectivity index (χ3n) is 6.31. The Morgan fingerprint density at radius 1 is 1.14 bits per heavy atom. The maximum atomic E-state index is 12.8. The van der Waals surface area contributed by atoms with E-state index in [1.165, 1.54) is 11.1 Å². The Hall–Kier alpha value is -1.92. The standard InChI is InChI=1S/C22H30N2O4/c25-21(20-6-3-13-28-20)24-11-2-4-17-14-16(7-8-19(17)24)9-12-23-10-1-5-18(15-23)22(26)27/h7-8,14,18,20H,1-6,9-13,15H2,(H,26,27). The number of carboxylic acid groups (broad SMARTS) is 1. The van der Waals surface area contributed by atoms with Gasteiger partial charge in [0.2, 0.25) is 0 Å². The van der Waals surface area contributed by atoms with E-state index in [1.807, 2.05) is 4.90 Å². The van der Waals surface area contributed by atoms with E-state index in [2.05, 4.69) is 23.1 Å². The molecule has 2 atom stereocenters. The number of likely N-dealkylation sites (tertiary alicyclic amines) is 1. The van der Waals surface area contributed by atoms with Crippen LogP contribution >= 0.6 is 0 Å². The number of rotatable bonds is 5. The topological polar surface area (TPSA) is 70.1 Å². The van der Waals surface area contributed by atoms with Gasteiger partial charge in [-0.05, 0) is 68.7 Å². The van der Waals surface area contributed by atoms with Gasteiger partial charge in [0.25, 0.3) is 5.91 Å². The second-order valence-electron chi connectivity index (χ2n) is 8.29. The number of ether oxygens (including phenoxy) is 1. The van der Waals surface area contributed by atoms with Gasteiger partial charge in [-0.2, -0.15) is 0 Å². The average molecular weight is 386 g/mol. The first kappa shape index (κ1) is 19.4. The van der Waals surface area contributed by atoms with Crippen molar-refractivity contribution in [3.63, 3.8) is 0 Å². The van der Waals surface area contributed by atoms with Crippen LogP contribution in [0.2, 0.25) is 0 Å². The maximum absolute atomic E-state index is 12.8. The third kappa shape index (κ3) is 4.23. The Kier molecular flexibility index (Phi) is 5.97. The molecule has 0 spiro atoms. The van der Waals surface area contributed by atoms with Crippen LogP contribution in [0.1, 0.15) is 43.2 Å². The summed E-state index contributed by atoms with van der Waals surface area (Å²) in [6, 6.07) is 6.45. The van der Waals surface area contributed by atoms with Gasteiger partial charge >= 0.3 is 5.97 Å². The van der Waals surface area contributed by atoms with Crippen molar-refractivity contribution in [1.82, 2.24) is 4.90 Å². The normalized spacial score (nSPS) is 25.5. The molecule has 0 aromatic heterocycles. The zero-order chi connectivity index (χ0) is 19.5. The van der Waals surface area contributed by atoms with E-state index in [4.69, 9.17) is 4.74 Å². The highest BCUT2D eigenvalue weighted by Gasteiger charge is 2.31. The van der Waals surface area contributed by atoms with Crippen molar-refractivity contribution in [2.45, 2.75) is 51.0 Å². The van der Waals surface area contributed by atoms with Crippen molar-refractivity contribution in [3.05, 3.63) is 29.3 Å². The second kappa shape index (κ2) is 8.62. The molecular weight excluding hydrogens is 356 g/mol. The van der Waals surface area contributed by atoms with Gasteiger partial charge in [0, 0.05) is 31.9 Å². The molecule has 4 rings (SSSR count). The monoisotopic (exact) mass is 386 g/mol. The summed E-state index contributed by atoms with van der Waals surface area (Å²) < 4.78 is 5.60. The zero-order valence-electron chi connectivity index (χ0n) is 16.4. The summed E-state index contributed by atoms with van der Waals surface area (Å²) in [5.41, 5.74) is 3.55. The molecule has 0 bridgehead atoms. The number of carboxylic acids is 1. The SMILES string of the molecule is O=C(O)C1CCCN(CCc2ccc3c(c2)CCCN3C(=O)C2CCCO2)C1. The fraction of sp³-hybridized carbons (Fsp3) is 0.636. The number of hydrogen-bond acceptors (Lipinski definition) is 4. The maximum Gasteiger partial charge on any atom is 0.307 e. The van der Waals surface area contributed by atoms with Crippen LogP contribution in [0.3, 0.4) is 0 Å². The highest BCUT2D eigenvalue weighted by Crippen LogP contribution is 2.30. The van der Waals surface area contributed by atoms with Gasteiger partial charge < -0.3 is 19.6 Å². The first-order valence-corrected chi connectivity index (χ1v) is 10.6. The van der Waals surface area contributed by atoms with E-state index in [0.29, 0.717) is 13.2 Å². The van der Waals surface area contributed by atoms with E-state index in [0.717, 1.165) is 70.3 Å². The van der Waals surface area contributed by atoms with E-state index in [9.17, 15) is 14.7 Å². The van der Waals surface area contributed by atoms with Crippen molar-refractivity contribution in [3.8, 4) is 0 Å². The van der Waals surface area contributed by atoms with E-state index in [1.54, 1.807) is 0 Å². The molecule has 2 saturated heterocycles. The van der Waals surface area contributed by atoms with E-state index >= 15 is 0 Å². The molecule has 0 aliphatic carbocycles. The number of aliphatic carboxylic acids is 1. The van der Waals surface area contributed by atoms with Gasteiger partial charge in [-0.3, -0.25) is 9.59 Å². The number of hydrogen-bond donors (Lipinski definition) is 1. The lowest BCUT2D eigenvalue weighted by Crippen LogP contribution is -2.42. The third-order valence-corrected chi connectivity index (χ3v) is 6.31. The predicted molar refractivity (Wildman–Crippen MR) is 107 cm³/mol. The predicted octanol–water partition coefficient (Wildman–Crippen LogP) is 2.48. The molecule has 1 amide bonds. The molecular formula is C22H30N2O4.